The molecule has 35 heavy (non-hydrogen) atoms. The number of para-hydroxylation sites is 1. The maximum atomic E-state index is 13.2. The van der Waals surface area contributed by atoms with Gasteiger partial charge in [-0.2, -0.15) is 0 Å². The van der Waals surface area contributed by atoms with E-state index in [1.54, 1.807) is 42.6 Å². The number of halogens is 2. The number of amides is 2. The van der Waals surface area contributed by atoms with E-state index < -0.39 is 17.7 Å². The molecule has 2 heterocycles. The molecule has 0 fully saturated rings. The molecule has 0 saturated heterocycles. The first-order chi connectivity index (χ1) is 16.5. The quantitative estimate of drug-likeness (QED) is 0.467. The van der Waals surface area contributed by atoms with E-state index in [0.29, 0.717) is 23.5 Å². The lowest BCUT2D eigenvalue weighted by molar-refractivity contribution is -0.286. The van der Waals surface area contributed by atoms with E-state index in [-0.39, 0.29) is 23.1 Å². The lowest BCUT2D eigenvalue weighted by atomic mass is 10.1. The van der Waals surface area contributed by atoms with E-state index in [1.165, 1.54) is 18.2 Å². The first-order valence-electron chi connectivity index (χ1n) is 10.8. The standard InChI is InChI=1S/C25H24F2N4O4/c1-24(2,3)31-23(33)19-12-15(10-11-28-19)14-29-18-7-5-4-6-17(18)22(32)30-16-8-9-20-21(13-16)35-25(26,27)34-20/h4-13,29H,14H2,1-3H3,(H,30,32)(H,31,33). The number of fused-ring (bicyclic) bond motifs is 1. The molecule has 0 saturated carbocycles. The lowest BCUT2D eigenvalue weighted by Gasteiger charge is -2.20. The molecule has 0 aliphatic carbocycles. The lowest BCUT2D eigenvalue weighted by Crippen LogP contribution is -2.40. The molecule has 0 radical (unpaired) electrons. The second-order valence-electron chi connectivity index (χ2n) is 8.94. The molecule has 1 aliphatic heterocycles. The number of rotatable bonds is 6. The van der Waals surface area contributed by atoms with E-state index in [1.807, 2.05) is 20.8 Å². The van der Waals surface area contributed by atoms with E-state index in [2.05, 4.69) is 30.4 Å². The Labute approximate surface area is 200 Å². The van der Waals surface area contributed by atoms with Crippen LogP contribution in [0.25, 0.3) is 0 Å². The summed E-state index contributed by atoms with van der Waals surface area (Å²) in [7, 11) is 0. The summed E-state index contributed by atoms with van der Waals surface area (Å²) in [6.07, 6.45) is -2.18. The van der Waals surface area contributed by atoms with Gasteiger partial charge in [-0.15, -0.1) is 8.78 Å². The molecule has 10 heteroatoms. The Bertz CT molecular complexity index is 1270. The first kappa shape index (κ1) is 23.9. The Morgan fingerprint density at radius 3 is 2.49 bits per heavy atom. The number of carbonyl (C=O) groups excluding carboxylic acids is 2. The van der Waals surface area contributed by atoms with Gasteiger partial charge < -0.3 is 25.4 Å². The second-order valence-corrected chi connectivity index (χ2v) is 8.94. The smallest absolute Gasteiger partial charge is 0.395 e. The fourth-order valence-corrected chi connectivity index (χ4v) is 3.37. The summed E-state index contributed by atoms with van der Waals surface area (Å²) in [5.41, 5.74) is 1.86. The predicted molar refractivity (Wildman–Crippen MR) is 126 cm³/mol. The number of aromatic nitrogens is 1. The average Bonchev–Trinajstić information content (AvgIpc) is 3.10. The van der Waals surface area contributed by atoms with Crippen LogP contribution in [0.3, 0.4) is 0 Å². The number of nitrogens with one attached hydrogen (secondary N) is 3. The van der Waals surface area contributed by atoms with Crippen molar-refractivity contribution in [3.8, 4) is 11.5 Å². The van der Waals surface area contributed by atoms with Gasteiger partial charge in [0.05, 0.1) is 5.56 Å². The van der Waals surface area contributed by atoms with E-state index in [4.69, 9.17) is 0 Å². The Kier molecular flexibility index (Phi) is 6.29. The molecule has 8 nitrogen and oxygen atoms in total. The minimum atomic E-state index is -3.73. The second kappa shape index (κ2) is 9.21. The number of anilines is 2. The van der Waals surface area contributed by atoms with Crippen LogP contribution >= 0.6 is 0 Å². The van der Waals surface area contributed by atoms with Crippen LogP contribution in [0.4, 0.5) is 20.2 Å². The molecule has 1 aliphatic rings. The highest BCUT2D eigenvalue weighted by atomic mass is 19.3. The molecule has 1 aromatic heterocycles. The van der Waals surface area contributed by atoms with Gasteiger partial charge in [-0.25, -0.2) is 0 Å². The summed E-state index contributed by atoms with van der Waals surface area (Å²) in [6.45, 7) is 5.99. The third-order valence-corrected chi connectivity index (χ3v) is 4.86. The van der Waals surface area contributed by atoms with Crippen LogP contribution in [-0.2, 0) is 6.54 Å². The molecule has 182 valence electrons. The zero-order valence-corrected chi connectivity index (χ0v) is 19.3. The molecule has 0 spiro atoms. The largest absolute Gasteiger partial charge is 0.586 e. The van der Waals surface area contributed by atoms with Crippen molar-refractivity contribution >= 4 is 23.2 Å². The van der Waals surface area contributed by atoms with Gasteiger partial charge in [-0.1, -0.05) is 12.1 Å². The topological polar surface area (TPSA) is 102 Å². The Morgan fingerprint density at radius 2 is 1.71 bits per heavy atom. The van der Waals surface area contributed by atoms with Crippen LogP contribution in [0.2, 0.25) is 0 Å². The van der Waals surface area contributed by atoms with Gasteiger partial charge in [0, 0.05) is 35.7 Å². The molecule has 0 unspecified atom stereocenters. The van der Waals surface area contributed by atoms with Crippen LogP contribution in [0, 0.1) is 0 Å². The molecule has 2 amide bonds. The maximum absolute atomic E-state index is 13.2. The Hall–Kier alpha value is -4.21. The van der Waals surface area contributed by atoms with Gasteiger partial charge >= 0.3 is 6.29 Å². The molecule has 0 atom stereocenters. The van der Waals surface area contributed by atoms with Gasteiger partial charge in [0.15, 0.2) is 11.5 Å². The Morgan fingerprint density at radius 1 is 0.971 bits per heavy atom. The van der Waals surface area contributed by atoms with Crippen molar-refractivity contribution in [2.45, 2.75) is 39.1 Å². The van der Waals surface area contributed by atoms with Crippen molar-refractivity contribution in [3.63, 3.8) is 0 Å². The van der Waals surface area contributed by atoms with Gasteiger partial charge in [0.2, 0.25) is 0 Å². The zero-order valence-electron chi connectivity index (χ0n) is 19.3. The van der Waals surface area contributed by atoms with Crippen molar-refractivity contribution in [1.82, 2.24) is 10.3 Å². The molecule has 0 bridgehead atoms. The maximum Gasteiger partial charge on any atom is 0.586 e. The number of alkyl halides is 2. The molecule has 3 aromatic rings. The highest BCUT2D eigenvalue weighted by Crippen LogP contribution is 2.42. The van der Waals surface area contributed by atoms with Gasteiger partial charge in [0.1, 0.15) is 5.69 Å². The highest BCUT2D eigenvalue weighted by Gasteiger charge is 2.43. The average molecular weight is 482 g/mol. The summed E-state index contributed by atoms with van der Waals surface area (Å²) in [4.78, 5) is 29.5. The third-order valence-electron chi connectivity index (χ3n) is 4.86. The summed E-state index contributed by atoms with van der Waals surface area (Å²) in [6, 6.07) is 14.3. The van der Waals surface area contributed by atoms with E-state index in [9.17, 15) is 18.4 Å². The van der Waals surface area contributed by atoms with Crippen LogP contribution in [0.1, 0.15) is 47.2 Å². The molecular weight excluding hydrogens is 458 g/mol. The predicted octanol–water partition coefficient (Wildman–Crippen LogP) is 4.80. The summed E-state index contributed by atoms with van der Waals surface area (Å²) in [5.74, 6) is -0.995. The minimum Gasteiger partial charge on any atom is -0.395 e. The number of nitrogens with zero attached hydrogens (tertiary/aromatic N) is 1. The highest BCUT2D eigenvalue weighted by molar-refractivity contribution is 6.08. The van der Waals surface area contributed by atoms with Gasteiger partial charge in [0.25, 0.3) is 11.8 Å². The number of carbonyl (C=O) groups is 2. The number of hydrogen-bond donors (Lipinski definition) is 3. The van der Waals surface area contributed by atoms with E-state index in [0.717, 1.165) is 5.56 Å². The van der Waals surface area contributed by atoms with Crippen molar-refractivity contribution in [2.75, 3.05) is 10.6 Å². The van der Waals surface area contributed by atoms with Crippen LogP contribution in [-0.4, -0.2) is 28.6 Å². The summed E-state index contributed by atoms with van der Waals surface area (Å²) in [5, 5.41) is 8.75. The van der Waals surface area contributed by atoms with Crippen molar-refractivity contribution in [2.24, 2.45) is 0 Å². The summed E-state index contributed by atoms with van der Waals surface area (Å²) >= 11 is 0. The number of ether oxygens (including phenoxy) is 2. The molecule has 2 aromatic carbocycles. The minimum absolute atomic E-state index is 0.108. The molecule has 4 rings (SSSR count). The SMILES string of the molecule is CC(C)(C)NC(=O)c1cc(CNc2ccccc2C(=O)Nc2ccc3c(c2)OC(F)(F)O3)ccn1. The van der Waals surface area contributed by atoms with Crippen molar-refractivity contribution in [1.29, 1.82) is 0 Å². The fourth-order valence-electron chi connectivity index (χ4n) is 3.37. The number of pyridine rings is 1. The van der Waals surface area contributed by atoms with Crippen molar-refractivity contribution < 1.29 is 27.8 Å². The van der Waals surface area contributed by atoms with Crippen LogP contribution in [0.15, 0.2) is 60.8 Å². The monoisotopic (exact) mass is 482 g/mol. The van der Waals surface area contributed by atoms with E-state index >= 15 is 0 Å². The molecular formula is C25H24F2N4O4. The van der Waals surface area contributed by atoms with Crippen LogP contribution in [0.5, 0.6) is 11.5 Å². The van der Waals surface area contributed by atoms with Gasteiger partial charge in [-0.3, -0.25) is 14.6 Å². The summed E-state index contributed by atoms with van der Waals surface area (Å²) < 4.78 is 35.3. The zero-order chi connectivity index (χ0) is 25.2. The number of hydrogen-bond acceptors (Lipinski definition) is 6. The van der Waals surface area contributed by atoms with Gasteiger partial charge in [-0.05, 0) is 62.7 Å². The molecule has 3 N–H and O–H groups in total. The third kappa shape index (κ3) is 6.03. The number of benzene rings is 2. The van der Waals surface area contributed by atoms with Crippen LogP contribution < -0.4 is 25.4 Å². The fraction of sp³-hybridized carbons (Fsp3) is 0.240. The normalized spacial score (nSPS) is 13.7. The van der Waals surface area contributed by atoms with Crippen molar-refractivity contribution in [3.05, 3.63) is 77.6 Å². The Balaban J connectivity index is 1.44. The first-order valence-corrected chi connectivity index (χ1v) is 10.8.